The molecule has 0 fully saturated rings. The van der Waals surface area contributed by atoms with Gasteiger partial charge >= 0.3 is 0 Å². The molecule has 0 N–H and O–H groups in total. The highest BCUT2D eigenvalue weighted by molar-refractivity contribution is 9.10. The van der Waals surface area contributed by atoms with Crippen molar-refractivity contribution in [1.82, 2.24) is 0 Å². The van der Waals surface area contributed by atoms with E-state index in [2.05, 4.69) is 22.0 Å². The van der Waals surface area contributed by atoms with Crippen LogP contribution in [0.3, 0.4) is 0 Å². The maximum absolute atomic E-state index is 12.2. The summed E-state index contributed by atoms with van der Waals surface area (Å²) >= 11 is 3.36. The lowest BCUT2D eigenvalue weighted by molar-refractivity contribution is 0.104. The molecule has 0 heterocycles. The van der Waals surface area contributed by atoms with Crippen LogP contribution in [0.15, 0.2) is 40.9 Å². The predicted octanol–water partition coefficient (Wildman–Crippen LogP) is 3.53. The molecule has 0 bridgehead atoms. The predicted molar refractivity (Wildman–Crippen MR) is 67.7 cm³/mol. The number of nitriles is 1. The molecule has 2 nitrogen and oxygen atoms in total. The van der Waals surface area contributed by atoms with Crippen LogP contribution < -0.4 is 0 Å². The number of benzene rings is 2. The van der Waals surface area contributed by atoms with E-state index in [1.165, 1.54) is 0 Å². The van der Waals surface area contributed by atoms with Crippen molar-refractivity contribution in [3.8, 4) is 17.2 Å². The van der Waals surface area contributed by atoms with E-state index in [1.807, 2.05) is 24.3 Å². The Morgan fingerprint density at radius 2 is 1.59 bits per heavy atom. The second kappa shape index (κ2) is 3.54. The SMILES string of the molecule is N#Cc1ccc2c(c1)C(=O)c1cc(Br)ccc1-2. The number of hydrogen-bond donors (Lipinski definition) is 0. The summed E-state index contributed by atoms with van der Waals surface area (Å²) in [4.78, 5) is 12.2. The average molecular weight is 284 g/mol. The highest BCUT2D eigenvalue weighted by Gasteiger charge is 2.26. The van der Waals surface area contributed by atoms with Crippen LogP contribution in [-0.4, -0.2) is 5.78 Å². The third kappa shape index (κ3) is 1.42. The van der Waals surface area contributed by atoms with E-state index in [1.54, 1.807) is 12.1 Å². The van der Waals surface area contributed by atoms with Crippen LogP contribution in [-0.2, 0) is 0 Å². The average Bonchev–Trinajstić information content (AvgIpc) is 2.62. The Morgan fingerprint density at radius 3 is 2.29 bits per heavy atom. The van der Waals surface area contributed by atoms with Gasteiger partial charge in [-0.3, -0.25) is 4.79 Å². The lowest BCUT2D eigenvalue weighted by atomic mass is 10.0. The topological polar surface area (TPSA) is 40.9 Å². The van der Waals surface area contributed by atoms with Gasteiger partial charge in [0.05, 0.1) is 11.6 Å². The minimum absolute atomic E-state index is 0.00611. The second-order valence-electron chi connectivity index (χ2n) is 3.89. The van der Waals surface area contributed by atoms with Crippen LogP contribution in [0.2, 0.25) is 0 Å². The van der Waals surface area contributed by atoms with Gasteiger partial charge in [0.1, 0.15) is 0 Å². The molecule has 0 radical (unpaired) electrons. The summed E-state index contributed by atoms with van der Waals surface area (Å²) in [6.45, 7) is 0. The van der Waals surface area contributed by atoms with Gasteiger partial charge in [0.2, 0.25) is 0 Å². The van der Waals surface area contributed by atoms with E-state index in [4.69, 9.17) is 5.26 Å². The molecule has 1 aliphatic carbocycles. The molecule has 0 saturated heterocycles. The lowest BCUT2D eigenvalue weighted by Crippen LogP contribution is -1.95. The Bertz CT molecular complexity index is 698. The fraction of sp³-hybridized carbons (Fsp3) is 0. The maximum Gasteiger partial charge on any atom is 0.194 e. The molecule has 0 atom stereocenters. The molecule has 0 amide bonds. The van der Waals surface area contributed by atoms with Gasteiger partial charge in [-0.05, 0) is 35.4 Å². The Balaban J connectivity index is 2.31. The summed E-state index contributed by atoms with van der Waals surface area (Å²) in [5, 5.41) is 8.85. The normalized spacial score (nSPS) is 11.9. The van der Waals surface area contributed by atoms with Crippen molar-refractivity contribution in [2.24, 2.45) is 0 Å². The van der Waals surface area contributed by atoms with E-state index in [0.29, 0.717) is 16.7 Å². The van der Waals surface area contributed by atoms with Crippen LogP contribution in [0, 0.1) is 11.3 Å². The molecule has 3 rings (SSSR count). The monoisotopic (exact) mass is 283 g/mol. The van der Waals surface area contributed by atoms with Crippen LogP contribution in [0.25, 0.3) is 11.1 Å². The Hall–Kier alpha value is -1.92. The fourth-order valence-electron chi connectivity index (χ4n) is 2.12. The fourth-order valence-corrected chi connectivity index (χ4v) is 2.48. The van der Waals surface area contributed by atoms with Crippen molar-refractivity contribution in [2.75, 3.05) is 0 Å². The van der Waals surface area contributed by atoms with Crippen LogP contribution >= 0.6 is 15.9 Å². The molecular weight excluding hydrogens is 278 g/mol. The van der Waals surface area contributed by atoms with Crippen molar-refractivity contribution < 1.29 is 4.79 Å². The van der Waals surface area contributed by atoms with Crippen LogP contribution in [0.5, 0.6) is 0 Å². The van der Waals surface area contributed by atoms with E-state index in [9.17, 15) is 4.79 Å². The number of fused-ring (bicyclic) bond motifs is 3. The Kier molecular flexibility index (Phi) is 2.13. The molecule has 3 heteroatoms. The van der Waals surface area contributed by atoms with Gasteiger partial charge in [0.25, 0.3) is 0 Å². The van der Waals surface area contributed by atoms with Crippen molar-refractivity contribution >= 4 is 21.7 Å². The highest BCUT2D eigenvalue weighted by atomic mass is 79.9. The molecule has 0 unspecified atom stereocenters. The Labute approximate surface area is 107 Å². The number of halogens is 1. The summed E-state index contributed by atoms with van der Waals surface area (Å²) < 4.78 is 0.887. The van der Waals surface area contributed by atoms with Gasteiger partial charge in [-0.15, -0.1) is 0 Å². The number of rotatable bonds is 0. The van der Waals surface area contributed by atoms with Crippen LogP contribution in [0.1, 0.15) is 21.5 Å². The van der Waals surface area contributed by atoms with Gasteiger partial charge < -0.3 is 0 Å². The van der Waals surface area contributed by atoms with Gasteiger partial charge in [0.15, 0.2) is 5.78 Å². The zero-order valence-corrected chi connectivity index (χ0v) is 10.3. The first-order valence-electron chi connectivity index (χ1n) is 5.09. The molecule has 0 aliphatic heterocycles. The first-order chi connectivity index (χ1) is 8.20. The summed E-state index contributed by atoms with van der Waals surface area (Å²) in [6, 6.07) is 13.0. The summed E-state index contributed by atoms with van der Waals surface area (Å²) in [5.41, 5.74) is 3.69. The van der Waals surface area contributed by atoms with Gasteiger partial charge in [-0.2, -0.15) is 5.26 Å². The molecule has 2 aromatic rings. The molecule has 0 spiro atoms. The van der Waals surface area contributed by atoms with E-state index >= 15 is 0 Å². The van der Waals surface area contributed by atoms with Gasteiger partial charge in [-0.25, -0.2) is 0 Å². The second-order valence-corrected chi connectivity index (χ2v) is 4.81. The number of hydrogen-bond acceptors (Lipinski definition) is 2. The summed E-state index contributed by atoms with van der Waals surface area (Å²) in [6.07, 6.45) is 0. The molecule has 80 valence electrons. The molecule has 0 saturated carbocycles. The minimum Gasteiger partial charge on any atom is -0.289 e. The Morgan fingerprint density at radius 1 is 0.941 bits per heavy atom. The molecule has 17 heavy (non-hydrogen) atoms. The van der Waals surface area contributed by atoms with Crippen LogP contribution in [0.4, 0.5) is 0 Å². The largest absolute Gasteiger partial charge is 0.289 e. The summed E-state index contributed by atoms with van der Waals surface area (Å²) in [7, 11) is 0. The first-order valence-corrected chi connectivity index (χ1v) is 5.89. The quantitative estimate of drug-likeness (QED) is 0.633. The van der Waals surface area contributed by atoms with E-state index in [0.717, 1.165) is 15.6 Å². The van der Waals surface area contributed by atoms with E-state index < -0.39 is 0 Å². The van der Waals surface area contributed by atoms with E-state index in [-0.39, 0.29) is 5.78 Å². The zero-order valence-electron chi connectivity index (χ0n) is 8.70. The van der Waals surface area contributed by atoms with Crippen molar-refractivity contribution in [3.63, 3.8) is 0 Å². The number of carbonyl (C=O) groups is 1. The number of ketones is 1. The van der Waals surface area contributed by atoms with Crippen molar-refractivity contribution in [3.05, 3.63) is 57.6 Å². The van der Waals surface area contributed by atoms with Crippen molar-refractivity contribution in [1.29, 1.82) is 5.26 Å². The highest BCUT2D eigenvalue weighted by Crippen LogP contribution is 2.38. The number of carbonyl (C=O) groups excluding carboxylic acids is 1. The molecule has 0 aromatic heterocycles. The summed E-state index contributed by atoms with van der Waals surface area (Å²) in [5.74, 6) is -0.00611. The lowest BCUT2D eigenvalue weighted by Gasteiger charge is -1.99. The smallest absolute Gasteiger partial charge is 0.194 e. The molecule has 1 aliphatic rings. The van der Waals surface area contributed by atoms with Gasteiger partial charge in [0, 0.05) is 15.6 Å². The molecule has 2 aromatic carbocycles. The molecular formula is C14H6BrNO. The zero-order chi connectivity index (χ0) is 12.0. The minimum atomic E-state index is -0.00611. The third-order valence-electron chi connectivity index (χ3n) is 2.91. The maximum atomic E-state index is 12.2. The van der Waals surface area contributed by atoms with Gasteiger partial charge in [-0.1, -0.05) is 28.1 Å². The first kappa shape index (κ1) is 10.2. The number of nitrogens with zero attached hydrogens (tertiary/aromatic N) is 1. The van der Waals surface area contributed by atoms with Crippen molar-refractivity contribution in [2.45, 2.75) is 0 Å². The third-order valence-corrected chi connectivity index (χ3v) is 3.40. The standard InChI is InChI=1S/C14H6BrNO/c15-9-2-4-11-10-3-1-8(7-16)5-12(10)14(17)13(11)6-9/h1-6H.